The molecule has 1 aliphatic rings. The monoisotopic (exact) mass is 183 g/mol. The normalized spacial score (nSPS) is 29.7. The van der Waals surface area contributed by atoms with Crippen molar-refractivity contribution >= 4 is 0 Å². The largest absolute Gasteiger partial charge is 0.378 e. The van der Waals surface area contributed by atoms with Crippen molar-refractivity contribution in [3.8, 4) is 0 Å². The smallest absolute Gasteiger partial charge is 0.0635 e. The number of azide groups is 1. The van der Waals surface area contributed by atoms with E-state index >= 15 is 0 Å². The summed E-state index contributed by atoms with van der Waals surface area (Å²) in [5.74, 6) is 1.37. The summed E-state index contributed by atoms with van der Waals surface area (Å²) in [5.41, 5.74) is 8.15. The van der Waals surface area contributed by atoms with Crippen LogP contribution in [0.1, 0.15) is 26.7 Å². The first kappa shape index (κ1) is 10.4. The summed E-state index contributed by atoms with van der Waals surface area (Å²) >= 11 is 0. The fraction of sp³-hybridized carbons (Fsp3) is 1.00. The molecule has 3 atom stereocenters. The molecule has 1 fully saturated rings. The van der Waals surface area contributed by atoms with Crippen molar-refractivity contribution in [2.45, 2.75) is 32.8 Å². The Bertz CT molecular complexity index is 201. The van der Waals surface area contributed by atoms with Gasteiger partial charge in [-0.1, -0.05) is 25.4 Å². The molecule has 1 saturated heterocycles. The van der Waals surface area contributed by atoms with Crippen LogP contribution >= 0.6 is 0 Å². The zero-order valence-corrected chi connectivity index (χ0v) is 8.31. The van der Waals surface area contributed by atoms with Crippen molar-refractivity contribution in [3.63, 3.8) is 0 Å². The summed E-state index contributed by atoms with van der Waals surface area (Å²) in [6.45, 7) is 5.78. The van der Waals surface area contributed by atoms with Crippen molar-refractivity contribution < 1.29 is 4.74 Å². The fourth-order valence-corrected chi connectivity index (χ4v) is 1.72. The van der Waals surface area contributed by atoms with Crippen LogP contribution in [-0.2, 0) is 4.74 Å². The van der Waals surface area contributed by atoms with E-state index in [2.05, 4.69) is 23.9 Å². The lowest BCUT2D eigenvalue weighted by Crippen LogP contribution is -2.12. The average Bonchev–Trinajstić information content (AvgIpc) is 2.62. The minimum atomic E-state index is 0.162. The van der Waals surface area contributed by atoms with Gasteiger partial charge in [-0.3, -0.25) is 0 Å². The third-order valence-electron chi connectivity index (χ3n) is 2.91. The van der Waals surface area contributed by atoms with Gasteiger partial charge in [0.2, 0.25) is 0 Å². The van der Waals surface area contributed by atoms with E-state index in [0.717, 1.165) is 18.9 Å². The summed E-state index contributed by atoms with van der Waals surface area (Å²) in [5, 5.41) is 3.53. The fourth-order valence-electron chi connectivity index (χ4n) is 1.72. The third-order valence-corrected chi connectivity index (χ3v) is 2.91. The summed E-state index contributed by atoms with van der Waals surface area (Å²) in [7, 11) is 0. The van der Waals surface area contributed by atoms with Gasteiger partial charge < -0.3 is 4.74 Å². The first-order valence-electron chi connectivity index (χ1n) is 4.90. The van der Waals surface area contributed by atoms with Gasteiger partial charge in [-0.25, -0.2) is 0 Å². The standard InChI is InChI=1S/C9H17N3O/c1-3-7(2)8-4-9(13-6-8)5-11-12-10/h7-9H,3-6H2,1-2H3. The van der Waals surface area contributed by atoms with Crippen LogP contribution in [0, 0.1) is 11.8 Å². The summed E-state index contributed by atoms with van der Waals surface area (Å²) in [4.78, 5) is 2.73. The van der Waals surface area contributed by atoms with Crippen molar-refractivity contribution in [2.75, 3.05) is 13.2 Å². The van der Waals surface area contributed by atoms with Gasteiger partial charge in [0.25, 0.3) is 0 Å². The van der Waals surface area contributed by atoms with Crippen molar-refractivity contribution in [3.05, 3.63) is 10.4 Å². The summed E-state index contributed by atoms with van der Waals surface area (Å²) in [6, 6.07) is 0. The molecular formula is C9H17N3O. The molecule has 0 amide bonds. The van der Waals surface area contributed by atoms with Gasteiger partial charge >= 0.3 is 0 Å². The van der Waals surface area contributed by atoms with Gasteiger partial charge in [0, 0.05) is 4.91 Å². The van der Waals surface area contributed by atoms with Gasteiger partial charge in [0.05, 0.1) is 19.3 Å². The van der Waals surface area contributed by atoms with Crippen LogP contribution in [0.5, 0.6) is 0 Å². The first-order valence-corrected chi connectivity index (χ1v) is 4.90. The van der Waals surface area contributed by atoms with Crippen LogP contribution < -0.4 is 0 Å². The number of nitrogens with zero attached hydrogens (tertiary/aromatic N) is 3. The molecule has 0 aromatic heterocycles. The first-order chi connectivity index (χ1) is 6.27. The number of ether oxygens (including phenoxy) is 1. The van der Waals surface area contributed by atoms with E-state index < -0.39 is 0 Å². The molecule has 1 heterocycles. The second-order valence-corrected chi connectivity index (χ2v) is 3.75. The highest BCUT2D eigenvalue weighted by Crippen LogP contribution is 2.28. The van der Waals surface area contributed by atoms with Gasteiger partial charge in [-0.05, 0) is 23.8 Å². The number of hydrogen-bond donors (Lipinski definition) is 0. The second-order valence-electron chi connectivity index (χ2n) is 3.75. The van der Waals surface area contributed by atoms with Gasteiger partial charge in [-0.2, -0.15) is 0 Å². The average molecular weight is 183 g/mol. The van der Waals surface area contributed by atoms with Crippen LogP contribution in [0.25, 0.3) is 10.4 Å². The molecule has 1 aliphatic heterocycles. The molecule has 0 aliphatic carbocycles. The predicted molar refractivity (Wildman–Crippen MR) is 51.3 cm³/mol. The van der Waals surface area contributed by atoms with Gasteiger partial charge in [0.15, 0.2) is 0 Å². The molecule has 13 heavy (non-hydrogen) atoms. The molecule has 0 spiro atoms. The van der Waals surface area contributed by atoms with Crippen LogP contribution in [0.4, 0.5) is 0 Å². The van der Waals surface area contributed by atoms with E-state index in [0.29, 0.717) is 12.5 Å². The zero-order valence-electron chi connectivity index (χ0n) is 8.31. The Balaban J connectivity index is 2.31. The minimum Gasteiger partial charge on any atom is -0.378 e. The van der Waals surface area contributed by atoms with E-state index in [1.54, 1.807) is 0 Å². The molecule has 0 radical (unpaired) electrons. The molecular weight excluding hydrogens is 166 g/mol. The highest BCUT2D eigenvalue weighted by molar-refractivity contribution is 4.78. The number of rotatable bonds is 4. The lowest BCUT2D eigenvalue weighted by Gasteiger charge is -2.14. The van der Waals surface area contributed by atoms with E-state index in [1.807, 2.05) is 0 Å². The van der Waals surface area contributed by atoms with E-state index in [4.69, 9.17) is 10.3 Å². The third kappa shape index (κ3) is 2.90. The molecule has 0 aromatic carbocycles. The summed E-state index contributed by atoms with van der Waals surface area (Å²) in [6.07, 6.45) is 2.41. The van der Waals surface area contributed by atoms with E-state index in [-0.39, 0.29) is 6.10 Å². The SMILES string of the molecule is CCC(C)C1COC(CN=[N+]=[N-])C1. The molecule has 0 N–H and O–H groups in total. The molecule has 3 unspecified atom stereocenters. The van der Waals surface area contributed by atoms with Crippen LogP contribution in [0.2, 0.25) is 0 Å². The Labute approximate surface area is 78.9 Å². The lowest BCUT2D eigenvalue weighted by molar-refractivity contribution is 0.108. The Hall–Kier alpha value is -0.730. The van der Waals surface area contributed by atoms with Gasteiger partial charge in [0.1, 0.15) is 0 Å². The number of hydrogen-bond acceptors (Lipinski definition) is 2. The molecule has 74 valence electrons. The Morgan fingerprint density at radius 1 is 1.69 bits per heavy atom. The van der Waals surface area contributed by atoms with E-state index in [9.17, 15) is 0 Å². The second kappa shape index (κ2) is 5.10. The quantitative estimate of drug-likeness (QED) is 0.375. The highest BCUT2D eigenvalue weighted by Gasteiger charge is 2.27. The predicted octanol–water partition coefficient (Wildman–Crippen LogP) is 2.75. The van der Waals surface area contributed by atoms with Crippen molar-refractivity contribution in [1.82, 2.24) is 0 Å². The minimum absolute atomic E-state index is 0.162. The molecule has 0 saturated carbocycles. The molecule has 4 heteroatoms. The zero-order chi connectivity index (χ0) is 9.68. The highest BCUT2D eigenvalue weighted by atomic mass is 16.5. The van der Waals surface area contributed by atoms with Crippen LogP contribution in [-0.4, -0.2) is 19.3 Å². The summed E-state index contributed by atoms with van der Waals surface area (Å²) < 4.78 is 5.53. The van der Waals surface area contributed by atoms with Crippen LogP contribution in [0.15, 0.2) is 5.11 Å². The van der Waals surface area contributed by atoms with Crippen molar-refractivity contribution in [2.24, 2.45) is 17.0 Å². The molecule has 4 nitrogen and oxygen atoms in total. The topological polar surface area (TPSA) is 58.0 Å². The lowest BCUT2D eigenvalue weighted by atomic mass is 9.90. The van der Waals surface area contributed by atoms with Crippen LogP contribution in [0.3, 0.4) is 0 Å². The van der Waals surface area contributed by atoms with Gasteiger partial charge in [-0.15, -0.1) is 0 Å². The van der Waals surface area contributed by atoms with E-state index in [1.165, 1.54) is 6.42 Å². The Morgan fingerprint density at radius 3 is 3.08 bits per heavy atom. The Kier molecular flexibility index (Phi) is 4.06. The molecule has 0 bridgehead atoms. The maximum absolute atomic E-state index is 8.15. The molecule has 0 aromatic rings. The molecule has 1 rings (SSSR count). The Morgan fingerprint density at radius 2 is 2.46 bits per heavy atom. The van der Waals surface area contributed by atoms with Crippen molar-refractivity contribution in [1.29, 1.82) is 0 Å². The maximum Gasteiger partial charge on any atom is 0.0635 e. The maximum atomic E-state index is 8.15.